The fourth-order valence-electron chi connectivity index (χ4n) is 2.38. The maximum atomic E-state index is 12.0. The number of esters is 1. The lowest BCUT2D eigenvalue weighted by Gasteiger charge is -2.08. The normalized spacial score (nSPS) is 10.1. The highest BCUT2D eigenvalue weighted by atomic mass is 79.9. The van der Waals surface area contributed by atoms with Gasteiger partial charge in [0.2, 0.25) is 5.91 Å². The quantitative estimate of drug-likeness (QED) is 0.435. The number of anilines is 2. The number of Topliss-reactive ketones (excluding diaryl/α,β-unsaturated/α-hetero) is 1. The van der Waals surface area contributed by atoms with Gasteiger partial charge in [0.15, 0.2) is 12.4 Å². The molecule has 0 fully saturated rings. The molecular weight excluding hydrogens is 440 g/mol. The molecule has 0 unspecified atom stereocenters. The number of hydrogen-bond donors (Lipinski definition) is 2. The molecular formula is C21H21BrN2O5. The van der Waals surface area contributed by atoms with Gasteiger partial charge in [-0.05, 0) is 49.7 Å². The molecule has 0 aliphatic carbocycles. The van der Waals surface area contributed by atoms with E-state index < -0.39 is 11.9 Å². The van der Waals surface area contributed by atoms with Crippen LogP contribution in [0, 0.1) is 0 Å². The maximum Gasteiger partial charge on any atom is 0.306 e. The number of nitrogens with one attached hydrogen (secondary N) is 2. The van der Waals surface area contributed by atoms with Gasteiger partial charge >= 0.3 is 5.97 Å². The van der Waals surface area contributed by atoms with Gasteiger partial charge in [-0.2, -0.15) is 0 Å². The Morgan fingerprint density at radius 3 is 2.28 bits per heavy atom. The summed E-state index contributed by atoms with van der Waals surface area (Å²) in [6.45, 7) is 1.06. The van der Waals surface area contributed by atoms with Crippen molar-refractivity contribution in [3.05, 3.63) is 58.6 Å². The highest BCUT2D eigenvalue weighted by Gasteiger charge is 2.10. The Morgan fingerprint density at radius 1 is 0.897 bits per heavy atom. The van der Waals surface area contributed by atoms with Gasteiger partial charge in [0.1, 0.15) is 0 Å². The largest absolute Gasteiger partial charge is 0.456 e. The molecule has 29 heavy (non-hydrogen) atoms. The SMILES string of the molecule is CC(=O)c1cccc(NC(=O)CCCC(=O)OCC(=O)Nc2ccc(Br)cc2)c1. The van der Waals surface area contributed by atoms with E-state index in [1.807, 2.05) is 0 Å². The first-order chi connectivity index (χ1) is 13.8. The molecule has 2 amide bonds. The smallest absolute Gasteiger partial charge is 0.306 e. The van der Waals surface area contributed by atoms with E-state index in [-0.39, 0.29) is 37.6 Å². The summed E-state index contributed by atoms with van der Waals surface area (Å²) in [6, 6.07) is 13.6. The molecule has 2 aromatic carbocycles. The second kappa shape index (κ2) is 11.1. The summed E-state index contributed by atoms with van der Waals surface area (Å²) < 4.78 is 5.80. The number of carbonyl (C=O) groups excluding carboxylic acids is 4. The zero-order valence-corrected chi connectivity index (χ0v) is 17.5. The van der Waals surface area contributed by atoms with Crippen LogP contribution in [0.4, 0.5) is 11.4 Å². The summed E-state index contributed by atoms with van der Waals surface area (Å²) in [7, 11) is 0. The van der Waals surface area contributed by atoms with Gasteiger partial charge in [-0.1, -0.05) is 28.1 Å². The summed E-state index contributed by atoms with van der Waals surface area (Å²) in [4.78, 5) is 46.8. The van der Waals surface area contributed by atoms with Crippen LogP contribution in [0.3, 0.4) is 0 Å². The van der Waals surface area contributed by atoms with E-state index in [0.717, 1.165) is 4.47 Å². The summed E-state index contributed by atoms with van der Waals surface area (Å²) in [5.41, 5.74) is 1.63. The third-order valence-corrected chi connectivity index (χ3v) is 4.36. The zero-order valence-electron chi connectivity index (χ0n) is 15.9. The Morgan fingerprint density at radius 2 is 1.59 bits per heavy atom. The third-order valence-electron chi connectivity index (χ3n) is 3.83. The van der Waals surface area contributed by atoms with Crippen LogP contribution in [0.15, 0.2) is 53.0 Å². The number of carbonyl (C=O) groups is 4. The van der Waals surface area contributed by atoms with Crippen LogP contribution >= 0.6 is 15.9 Å². The lowest BCUT2D eigenvalue weighted by molar-refractivity contribution is -0.147. The molecule has 0 radical (unpaired) electrons. The lowest BCUT2D eigenvalue weighted by atomic mass is 10.1. The second-order valence-corrected chi connectivity index (χ2v) is 7.17. The highest BCUT2D eigenvalue weighted by Crippen LogP contribution is 2.14. The predicted octanol–water partition coefficient (Wildman–Crippen LogP) is 3.94. The molecule has 0 atom stereocenters. The minimum absolute atomic E-state index is 0.0203. The Labute approximate surface area is 176 Å². The van der Waals surface area contributed by atoms with Crippen molar-refractivity contribution in [3.8, 4) is 0 Å². The number of amides is 2. The van der Waals surface area contributed by atoms with Gasteiger partial charge in [0.05, 0.1) is 0 Å². The van der Waals surface area contributed by atoms with Gasteiger partial charge in [0.25, 0.3) is 5.91 Å². The number of ether oxygens (including phenoxy) is 1. The molecule has 0 aliphatic heterocycles. The minimum atomic E-state index is -0.553. The molecule has 2 N–H and O–H groups in total. The minimum Gasteiger partial charge on any atom is -0.456 e. The van der Waals surface area contributed by atoms with E-state index in [9.17, 15) is 19.2 Å². The second-order valence-electron chi connectivity index (χ2n) is 6.25. The first-order valence-electron chi connectivity index (χ1n) is 8.95. The van der Waals surface area contributed by atoms with Crippen molar-refractivity contribution < 1.29 is 23.9 Å². The monoisotopic (exact) mass is 460 g/mol. The zero-order chi connectivity index (χ0) is 21.2. The van der Waals surface area contributed by atoms with Crippen molar-refractivity contribution >= 4 is 50.9 Å². The Bertz CT molecular complexity index is 896. The topological polar surface area (TPSA) is 102 Å². The summed E-state index contributed by atoms with van der Waals surface area (Å²) in [6.07, 6.45) is 0.419. The van der Waals surface area contributed by atoms with E-state index >= 15 is 0 Å². The standard InChI is InChI=1S/C21H21BrN2O5/c1-14(25)15-4-2-5-18(12-15)24-19(26)6-3-7-21(28)29-13-20(27)23-17-10-8-16(22)9-11-17/h2,4-5,8-12H,3,6-7,13H2,1H3,(H,23,27)(H,24,26). The lowest BCUT2D eigenvalue weighted by Crippen LogP contribution is -2.21. The molecule has 0 saturated carbocycles. The molecule has 0 heterocycles. The van der Waals surface area contributed by atoms with Crippen molar-refractivity contribution in [2.24, 2.45) is 0 Å². The van der Waals surface area contributed by atoms with Gasteiger partial charge in [0, 0.05) is 34.3 Å². The van der Waals surface area contributed by atoms with E-state index in [2.05, 4.69) is 26.6 Å². The predicted molar refractivity (Wildman–Crippen MR) is 113 cm³/mol. The third kappa shape index (κ3) is 8.27. The van der Waals surface area contributed by atoms with Gasteiger partial charge in [-0.3, -0.25) is 19.2 Å². The first kappa shape index (κ1) is 22.3. The average molecular weight is 461 g/mol. The molecule has 2 aromatic rings. The van der Waals surface area contributed by atoms with E-state index in [4.69, 9.17) is 4.74 Å². The van der Waals surface area contributed by atoms with Crippen LogP contribution < -0.4 is 10.6 Å². The number of rotatable bonds is 9. The van der Waals surface area contributed by atoms with Crippen LogP contribution in [0.5, 0.6) is 0 Å². The average Bonchev–Trinajstić information content (AvgIpc) is 2.68. The van der Waals surface area contributed by atoms with Crippen molar-refractivity contribution in [1.82, 2.24) is 0 Å². The van der Waals surface area contributed by atoms with Crippen LogP contribution in [0.2, 0.25) is 0 Å². The molecule has 0 aliphatic rings. The Balaban J connectivity index is 1.65. The fraction of sp³-hybridized carbons (Fsp3) is 0.238. The molecule has 0 saturated heterocycles. The van der Waals surface area contributed by atoms with Crippen molar-refractivity contribution in [2.45, 2.75) is 26.2 Å². The van der Waals surface area contributed by atoms with Crippen molar-refractivity contribution in [1.29, 1.82) is 0 Å². The van der Waals surface area contributed by atoms with Crippen molar-refractivity contribution in [3.63, 3.8) is 0 Å². The van der Waals surface area contributed by atoms with Crippen molar-refractivity contribution in [2.75, 3.05) is 17.2 Å². The fourth-order valence-corrected chi connectivity index (χ4v) is 2.65. The van der Waals surface area contributed by atoms with Gasteiger partial charge < -0.3 is 15.4 Å². The molecule has 0 aromatic heterocycles. The first-order valence-corrected chi connectivity index (χ1v) is 9.74. The molecule has 0 bridgehead atoms. The maximum absolute atomic E-state index is 12.0. The Hall–Kier alpha value is -3.00. The molecule has 7 nitrogen and oxygen atoms in total. The summed E-state index contributed by atoms with van der Waals surface area (Å²) >= 11 is 3.30. The summed E-state index contributed by atoms with van der Waals surface area (Å²) in [5, 5.41) is 5.30. The number of halogens is 1. The van der Waals surface area contributed by atoms with Crippen LogP contribution in [-0.4, -0.2) is 30.2 Å². The highest BCUT2D eigenvalue weighted by molar-refractivity contribution is 9.10. The van der Waals surface area contributed by atoms with Crippen LogP contribution in [0.1, 0.15) is 36.5 Å². The molecule has 2 rings (SSSR count). The van der Waals surface area contributed by atoms with Crippen LogP contribution in [0.25, 0.3) is 0 Å². The molecule has 152 valence electrons. The van der Waals surface area contributed by atoms with Gasteiger partial charge in [-0.15, -0.1) is 0 Å². The van der Waals surface area contributed by atoms with Gasteiger partial charge in [-0.25, -0.2) is 0 Å². The number of hydrogen-bond acceptors (Lipinski definition) is 5. The Kier molecular flexibility index (Phi) is 8.54. The van der Waals surface area contributed by atoms with E-state index in [0.29, 0.717) is 16.9 Å². The molecule has 0 spiro atoms. The van der Waals surface area contributed by atoms with Crippen LogP contribution in [-0.2, 0) is 19.1 Å². The number of benzene rings is 2. The molecule has 8 heteroatoms. The van der Waals surface area contributed by atoms with E-state index in [1.165, 1.54) is 6.92 Å². The van der Waals surface area contributed by atoms with E-state index in [1.54, 1.807) is 48.5 Å². The summed E-state index contributed by atoms with van der Waals surface area (Å²) in [5.74, 6) is -1.36. The number of ketones is 1.